The molecular formula is C8H13N. The first kappa shape index (κ1) is 5.33. The SMILES string of the molecule is C/C=C1/CCC2CCN12. The molecule has 0 bridgehead atoms. The lowest BCUT2D eigenvalue weighted by Gasteiger charge is -2.37. The van der Waals surface area contributed by atoms with Crippen molar-refractivity contribution in [1.82, 2.24) is 4.90 Å². The Hall–Kier alpha value is -0.460. The highest BCUT2D eigenvalue weighted by Crippen LogP contribution is 2.35. The van der Waals surface area contributed by atoms with E-state index in [1.807, 2.05) is 0 Å². The maximum Gasteiger partial charge on any atom is 0.0307 e. The van der Waals surface area contributed by atoms with Gasteiger partial charge >= 0.3 is 0 Å². The third kappa shape index (κ3) is 0.606. The van der Waals surface area contributed by atoms with Crippen molar-refractivity contribution < 1.29 is 0 Å². The first-order valence-electron chi connectivity index (χ1n) is 3.83. The Morgan fingerprint density at radius 2 is 2.44 bits per heavy atom. The maximum atomic E-state index is 2.54. The summed E-state index contributed by atoms with van der Waals surface area (Å²) in [7, 11) is 0. The van der Waals surface area contributed by atoms with Gasteiger partial charge in [-0.1, -0.05) is 6.08 Å². The summed E-state index contributed by atoms with van der Waals surface area (Å²) in [6, 6.07) is 0.941. The van der Waals surface area contributed by atoms with E-state index in [9.17, 15) is 0 Å². The van der Waals surface area contributed by atoms with Gasteiger partial charge in [0.15, 0.2) is 0 Å². The summed E-state index contributed by atoms with van der Waals surface area (Å²) < 4.78 is 0. The van der Waals surface area contributed by atoms with Crippen molar-refractivity contribution in [3.63, 3.8) is 0 Å². The van der Waals surface area contributed by atoms with Gasteiger partial charge in [-0.25, -0.2) is 0 Å². The van der Waals surface area contributed by atoms with Gasteiger partial charge < -0.3 is 4.90 Å². The van der Waals surface area contributed by atoms with Gasteiger partial charge in [-0.3, -0.25) is 0 Å². The topological polar surface area (TPSA) is 3.24 Å². The lowest BCUT2D eigenvalue weighted by atomic mass is 10.1. The molecule has 0 aliphatic carbocycles. The van der Waals surface area contributed by atoms with Crippen molar-refractivity contribution in [1.29, 1.82) is 0 Å². The molecule has 2 saturated heterocycles. The summed E-state index contributed by atoms with van der Waals surface area (Å²) in [5.41, 5.74) is 1.59. The van der Waals surface area contributed by atoms with Crippen molar-refractivity contribution >= 4 is 0 Å². The van der Waals surface area contributed by atoms with Crippen LogP contribution in [0.5, 0.6) is 0 Å². The summed E-state index contributed by atoms with van der Waals surface area (Å²) in [5.74, 6) is 0. The van der Waals surface area contributed by atoms with E-state index in [2.05, 4.69) is 17.9 Å². The van der Waals surface area contributed by atoms with Crippen LogP contribution in [-0.4, -0.2) is 17.5 Å². The van der Waals surface area contributed by atoms with Crippen LogP contribution in [0.2, 0.25) is 0 Å². The summed E-state index contributed by atoms with van der Waals surface area (Å²) in [5, 5.41) is 0. The highest BCUT2D eigenvalue weighted by atomic mass is 15.2. The number of nitrogens with zero attached hydrogens (tertiary/aromatic N) is 1. The van der Waals surface area contributed by atoms with Crippen LogP contribution < -0.4 is 0 Å². The van der Waals surface area contributed by atoms with Crippen molar-refractivity contribution in [3.05, 3.63) is 11.8 Å². The predicted octanol–water partition coefficient (Wildman–Crippen LogP) is 1.76. The Kier molecular flexibility index (Phi) is 1.04. The van der Waals surface area contributed by atoms with Crippen molar-refractivity contribution in [2.75, 3.05) is 6.54 Å². The molecule has 0 amide bonds. The lowest BCUT2D eigenvalue weighted by molar-refractivity contribution is 0.172. The molecule has 0 saturated carbocycles. The first-order chi connectivity index (χ1) is 4.42. The quantitative estimate of drug-likeness (QED) is 0.474. The molecule has 2 fully saturated rings. The van der Waals surface area contributed by atoms with Crippen LogP contribution in [0.4, 0.5) is 0 Å². The van der Waals surface area contributed by atoms with Crippen LogP contribution >= 0.6 is 0 Å². The monoisotopic (exact) mass is 123 g/mol. The van der Waals surface area contributed by atoms with Gasteiger partial charge in [0, 0.05) is 18.3 Å². The normalized spacial score (nSPS) is 36.8. The molecule has 2 aliphatic heterocycles. The van der Waals surface area contributed by atoms with Crippen molar-refractivity contribution in [2.45, 2.75) is 32.2 Å². The van der Waals surface area contributed by atoms with Crippen LogP contribution in [0.3, 0.4) is 0 Å². The Morgan fingerprint density at radius 1 is 1.56 bits per heavy atom. The third-order valence-corrected chi connectivity index (χ3v) is 2.58. The Bertz CT molecular complexity index is 149. The van der Waals surface area contributed by atoms with Gasteiger partial charge in [0.25, 0.3) is 0 Å². The second-order valence-corrected chi connectivity index (χ2v) is 2.95. The number of allylic oxidation sites excluding steroid dienone is 2. The Balaban J connectivity index is 2.14. The van der Waals surface area contributed by atoms with Gasteiger partial charge in [0.05, 0.1) is 0 Å². The zero-order chi connectivity index (χ0) is 6.27. The number of rotatable bonds is 0. The summed E-state index contributed by atoms with van der Waals surface area (Å²) in [6.45, 7) is 3.47. The maximum absolute atomic E-state index is 2.54. The Labute approximate surface area is 56.4 Å². The first-order valence-corrected chi connectivity index (χ1v) is 3.83. The summed E-state index contributed by atoms with van der Waals surface area (Å²) in [6.07, 6.45) is 6.46. The molecule has 1 nitrogen and oxygen atoms in total. The van der Waals surface area contributed by atoms with Gasteiger partial charge in [-0.2, -0.15) is 0 Å². The molecule has 0 aromatic heterocycles. The molecule has 9 heavy (non-hydrogen) atoms. The van der Waals surface area contributed by atoms with Gasteiger partial charge in [-0.15, -0.1) is 0 Å². The second-order valence-electron chi connectivity index (χ2n) is 2.95. The third-order valence-electron chi connectivity index (χ3n) is 2.58. The molecule has 50 valence electrons. The molecule has 1 heteroatoms. The molecule has 0 aromatic rings. The molecule has 0 spiro atoms. The molecule has 1 unspecified atom stereocenters. The largest absolute Gasteiger partial charge is 0.372 e. The fourth-order valence-corrected chi connectivity index (χ4v) is 1.89. The minimum atomic E-state index is 0.941. The molecule has 0 aromatic carbocycles. The highest BCUT2D eigenvalue weighted by Gasteiger charge is 2.34. The minimum Gasteiger partial charge on any atom is -0.372 e. The fraction of sp³-hybridized carbons (Fsp3) is 0.750. The van der Waals surface area contributed by atoms with Crippen LogP contribution in [0.1, 0.15) is 26.2 Å². The zero-order valence-corrected chi connectivity index (χ0v) is 5.93. The van der Waals surface area contributed by atoms with E-state index < -0.39 is 0 Å². The number of fused-ring (bicyclic) bond motifs is 1. The Morgan fingerprint density at radius 3 is 2.78 bits per heavy atom. The van der Waals surface area contributed by atoms with Gasteiger partial charge in [-0.05, 0) is 26.2 Å². The molecule has 0 N–H and O–H groups in total. The van der Waals surface area contributed by atoms with Gasteiger partial charge in [0.1, 0.15) is 0 Å². The van der Waals surface area contributed by atoms with Crippen LogP contribution in [0, 0.1) is 0 Å². The molecule has 2 rings (SSSR count). The average Bonchev–Trinajstić information content (AvgIpc) is 2.07. The van der Waals surface area contributed by atoms with Crippen LogP contribution in [0.25, 0.3) is 0 Å². The van der Waals surface area contributed by atoms with Crippen LogP contribution in [0.15, 0.2) is 11.8 Å². The number of hydrogen-bond acceptors (Lipinski definition) is 1. The average molecular weight is 123 g/mol. The standard InChI is InChI=1S/C8H13N/c1-2-7-3-4-8-5-6-9(7)8/h2,8H,3-6H2,1H3/b7-2-. The zero-order valence-electron chi connectivity index (χ0n) is 5.93. The van der Waals surface area contributed by atoms with Gasteiger partial charge in [0.2, 0.25) is 0 Å². The van der Waals surface area contributed by atoms with E-state index in [4.69, 9.17) is 0 Å². The van der Waals surface area contributed by atoms with E-state index >= 15 is 0 Å². The second kappa shape index (κ2) is 1.76. The van der Waals surface area contributed by atoms with E-state index in [0.717, 1.165) is 6.04 Å². The molecule has 2 aliphatic rings. The highest BCUT2D eigenvalue weighted by molar-refractivity contribution is 5.12. The molecule has 1 atom stereocenters. The van der Waals surface area contributed by atoms with E-state index in [-0.39, 0.29) is 0 Å². The van der Waals surface area contributed by atoms with Crippen LogP contribution in [-0.2, 0) is 0 Å². The summed E-state index contributed by atoms with van der Waals surface area (Å²) >= 11 is 0. The smallest absolute Gasteiger partial charge is 0.0307 e. The van der Waals surface area contributed by atoms with E-state index in [0.29, 0.717) is 0 Å². The number of hydrogen-bond donors (Lipinski definition) is 0. The summed E-state index contributed by atoms with van der Waals surface area (Å²) in [4.78, 5) is 2.54. The van der Waals surface area contributed by atoms with Crippen molar-refractivity contribution in [2.24, 2.45) is 0 Å². The van der Waals surface area contributed by atoms with E-state index in [1.165, 1.54) is 25.8 Å². The molecule has 0 radical (unpaired) electrons. The molecular weight excluding hydrogens is 110 g/mol. The lowest BCUT2D eigenvalue weighted by Crippen LogP contribution is -2.41. The minimum absolute atomic E-state index is 0.941. The van der Waals surface area contributed by atoms with Crippen molar-refractivity contribution in [3.8, 4) is 0 Å². The predicted molar refractivity (Wildman–Crippen MR) is 38.1 cm³/mol. The molecule has 2 heterocycles. The van der Waals surface area contributed by atoms with E-state index in [1.54, 1.807) is 5.70 Å². The fourth-order valence-electron chi connectivity index (χ4n) is 1.89.